The van der Waals surface area contributed by atoms with Gasteiger partial charge in [0, 0.05) is 0 Å². The van der Waals surface area contributed by atoms with Gasteiger partial charge in [0.2, 0.25) is 0 Å². The van der Waals surface area contributed by atoms with E-state index in [9.17, 15) is 5.11 Å². The molecule has 0 spiro atoms. The lowest BCUT2D eigenvalue weighted by molar-refractivity contribution is 0.407. The van der Waals surface area contributed by atoms with Crippen molar-refractivity contribution in [3.63, 3.8) is 0 Å². The Labute approximate surface area is 74.1 Å². The Morgan fingerprint density at radius 2 is 2.00 bits per heavy atom. The average molecular weight is 167 g/mol. The fraction of sp³-hybridized carbons (Fsp3) is 0.400. The molecule has 0 saturated carbocycles. The van der Waals surface area contributed by atoms with Crippen molar-refractivity contribution < 1.29 is 5.11 Å². The Hall–Kier alpha value is -1.18. The maximum atomic E-state index is 9.21. The summed E-state index contributed by atoms with van der Waals surface area (Å²) in [6, 6.07) is 0. The third-order valence-corrected chi connectivity index (χ3v) is 1.61. The fourth-order valence-corrected chi connectivity index (χ4v) is 0.937. The van der Waals surface area contributed by atoms with E-state index in [1.807, 2.05) is 19.9 Å². The van der Waals surface area contributed by atoms with E-state index in [2.05, 4.69) is 0 Å². The Morgan fingerprint density at radius 3 is 2.33 bits per heavy atom. The van der Waals surface area contributed by atoms with Crippen LogP contribution >= 0.6 is 0 Å². The zero-order valence-electron chi connectivity index (χ0n) is 7.96. The molecule has 0 aliphatic rings. The standard InChI is InChI=1S/C10H17NO/c1-4-10(9(3)12)7-8(2)5-6-11/h5-7,12H,4,11H2,1-3H3/b6-5+,8-7-,10-9+. The molecule has 0 fully saturated rings. The van der Waals surface area contributed by atoms with Crippen molar-refractivity contribution in [1.82, 2.24) is 0 Å². The molecule has 0 bridgehead atoms. The highest BCUT2D eigenvalue weighted by Gasteiger charge is 1.94. The molecule has 3 N–H and O–H groups in total. The van der Waals surface area contributed by atoms with Gasteiger partial charge in [-0.1, -0.05) is 13.0 Å². The van der Waals surface area contributed by atoms with Crippen LogP contribution in [-0.4, -0.2) is 5.11 Å². The topological polar surface area (TPSA) is 46.2 Å². The summed E-state index contributed by atoms with van der Waals surface area (Å²) in [6.07, 6.45) is 6.06. The Bertz CT molecular complexity index is 220. The van der Waals surface area contributed by atoms with E-state index < -0.39 is 0 Å². The van der Waals surface area contributed by atoms with Gasteiger partial charge < -0.3 is 10.8 Å². The second kappa shape index (κ2) is 5.47. The van der Waals surface area contributed by atoms with Gasteiger partial charge in [-0.2, -0.15) is 0 Å². The number of aliphatic hydroxyl groups excluding tert-OH is 1. The summed E-state index contributed by atoms with van der Waals surface area (Å²) in [5.74, 6) is 0.377. The molecule has 0 atom stereocenters. The van der Waals surface area contributed by atoms with Crippen LogP contribution in [0.15, 0.2) is 35.3 Å². The number of hydrogen-bond acceptors (Lipinski definition) is 2. The van der Waals surface area contributed by atoms with Gasteiger partial charge in [0.25, 0.3) is 0 Å². The van der Waals surface area contributed by atoms with E-state index in [1.54, 1.807) is 13.0 Å². The van der Waals surface area contributed by atoms with Crippen molar-refractivity contribution in [2.45, 2.75) is 27.2 Å². The van der Waals surface area contributed by atoms with Gasteiger partial charge in [-0.3, -0.25) is 0 Å². The molecule has 2 heteroatoms. The third-order valence-electron chi connectivity index (χ3n) is 1.61. The van der Waals surface area contributed by atoms with Crippen LogP contribution in [0.25, 0.3) is 0 Å². The van der Waals surface area contributed by atoms with Crippen LogP contribution in [0, 0.1) is 0 Å². The molecule has 0 amide bonds. The summed E-state index contributed by atoms with van der Waals surface area (Å²) >= 11 is 0. The molecule has 0 radical (unpaired) electrons. The minimum Gasteiger partial charge on any atom is -0.512 e. The van der Waals surface area contributed by atoms with E-state index in [1.165, 1.54) is 6.20 Å². The predicted octanol–water partition coefficient (Wildman–Crippen LogP) is 2.65. The summed E-state index contributed by atoms with van der Waals surface area (Å²) in [5.41, 5.74) is 7.22. The van der Waals surface area contributed by atoms with E-state index in [-0.39, 0.29) is 0 Å². The predicted molar refractivity (Wildman–Crippen MR) is 52.7 cm³/mol. The lowest BCUT2D eigenvalue weighted by Gasteiger charge is -2.00. The SMILES string of the molecule is CCC(/C=C(C)\C=C\N)=C(/C)O. The molecule has 0 aromatic rings. The van der Waals surface area contributed by atoms with Gasteiger partial charge in [0.15, 0.2) is 0 Å². The number of hydrogen-bond donors (Lipinski definition) is 2. The first-order chi connectivity index (χ1) is 5.61. The van der Waals surface area contributed by atoms with E-state index in [4.69, 9.17) is 5.73 Å². The largest absolute Gasteiger partial charge is 0.512 e. The molecule has 0 rings (SSSR count). The first kappa shape index (κ1) is 10.8. The molecule has 0 aliphatic carbocycles. The van der Waals surface area contributed by atoms with Crippen LogP contribution in [0.1, 0.15) is 27.2 Å². The summed E-state index contributed by atoms with van der Waals surface area (Å²) < 4.78 is 0. The molecular weight excluding hydrogens is 150 g/mol. The van der Waals surface area contributed by atoms with Gasteiger partial charge in [0.1, 0.15) is 0 Å². The second-order valence-electron chi connectivity index (χ2n) is 2.71. The van der Waals surface area contributed by atoms with Crippen molar-refractivity contribution in [2.75, 3.05) is 0 Å². The number of allylic oxidation sites excluding steroid dienone is 5. The molecule has 0 aromatic heterocycles. The lowest BCUT2D eigenvalue weighted by atomic mass is 10.1. The Balaban J connectivity index is 4.59. The molecule has 0 unspecified atom stereocenters. The van der Waals surface area contributed by atoms with E-state index >= 15 is 0 Å². The highest BCUT2D eigenvalue weighted by atomic mass is 16.3. The zero-order chi connectivity index (χ0) is 9.56. The van der Waals surface area contributed by atoms with Crippen LogP contribution in [0.2, 0.25) is 0 Å². The molecule has 0 heterocycles. The zero-order valence-corrected chi connectivity index (χ0v) is 7.96. The van der Waals surface area contributed by atoms with Gasteiger partial charge in [-0.05, 0) is 43.7 Å². The lowest BCUT2D eigenvalue weighted by Crippen LogP contribution is -1.84. The molecule has 2 nitrogen and oxygen atoms in total. The maximum absolute atomic E-state index is 9.21. The number of aliphatic hydroxyl groups is 1. The Kier molecular flexibility index (Phi) is 4.93. The van der Waals surface area contributed by atoms with Crippen LogP contribution in [0.5, 0.6) is 0 Å². The van der Waals surface area contributed by atoms with Crippen molar-refractivity contribution in [1.29, 1.82) is 0 Å². The fourth-order valence-electron chi connectivity index (χ4n) is 0.937. The third kappa shape index (κ3) is 3.86. The van der Waals surface area contributed by atoms with Gasteiger partial charge >= 0.3 is 0 Å². The van der Waals surface area contributed by atoms with E-state index in [0.717, 1.165) is 17.6 Å². The van der Waals surface area contributed by atoms with Crippen LogP contribution in [0.3, 0.4) is 0 Å². The minimum atomic E-state index is 0.377. The monoisotopic (exact) mass is 167 g/mol. The normalized spacial score (nSPS) is 15.1. The molecule has 0 aromatic carbocycles. The molecule has 0 aliphatic heterocycles. The number of nitrogens with two attached hydrogens (primary N) is 1. The van der Waals surface area contributed by atoms with Crippen molar-refractivity contribution in [3.8, 4) is 0 Å². The van der Waals surface area contributed by atoms with Gasteiger partial charge in [-0.15, -0.1) is 0 Å². The van der Waals surface area contributed by atoms with Crippen LogP contribution in [0.4, 0.5) is 0 Å². The highest BCUT2D eigenvalue weighted by Crippen LogP contribution is 2.10. The summed E-state index contributed by atoms with van der Waals surface area (Å²) in [5, 5.41) is 9.21. The first-order valence-corrected chi connectivity index (χ1v) is 4.07. The second-order valence-corrected chi connectivity index (χ2v) is 2.71. The van der Waals surface area contributed by atoms with Crippen molar-refractivity contribution in [3.05, 3.63) is 35.3 Å². The van der Waals surface area contributed by atoms with Crippen LogP contribution < -0.4 is 5.73 Å². The molecule has 12 heavy (non-hydrogen) atoms. The van der Waals surface area contributed by atoms with Gasteiger partial charge in [0.05, 0.1) is 5.76 Å². The molecule has 0 saturated heterocycles. The smallest absolute Gasteiger partial charge is 0.0923 e. The van der Waals surface area contributed by atoms with Crippen LogP contribution in [-0.2, 0) is 0 Å². The molecule has 68 valence electrons. The molecular formula is C10H17NO. The Morgan fingerprint density at radius 1 is 1.42 bits per heavy atom. The maximum Gasteiger partial charge on any atom is 0.0923 e. The number of rotatable bonds is 3. The quantitative estimate of drug-likeness (QED) is 0.501. The van der Waals surface area contributed by atoms with Crippen molar-refractivity contribution in [2.24, 2.45) is 5.73 Å². The van der Waals surface area contributed by atoms with Crippen molar-refractivity contribution >= 4 is 0 Å². The van der Waals surface area contributed by atoms with E-state index in [0.29, 0.717) is 5.76 Å². The average Bonchev–Trinajstić information content (AvgIpc) is 2.00. The summed E-state index contributed by atoms with van der Waals surface area (Å²) in [6.45, 7) is 5.64. The van der Waals surface area contributed by atoms with Gasteiger partial charge in [-0.25, -0.2) is 0 Å². The summed E-state index contributed by atoms with van der Waals surface area (Å²) in [4.78, 5) is 0. The summed E-state index contributed by atoms with van der Waals surface area (Å²) in [7, 11) is 0. The first-order valence-electron chi connectivity index (χ1n) is 4.07. The highest BCUT2D eigenvalue weighted by molar-refractivity contribution is 5.29. The minimum absolute atomic E-state index is 0.377.